The molecule has 0 saturated carbocycles. The molecule has 0 aliphatic heterocycles. The number of aromatic nitrogens is 1. The number of carbonyl (C=O) groups is 1. The number of hydrogen-bond acceptors (Lipinski definition) is 6. The van der Waals surface area contributed by atoms with Crippen LogP contribution in [0.15, 0.2) is 44.2 Å². The molecule has 2 N–H and O–H groups in total. The van der Waals surface area contributed by atoms with E-state index in [0.717, 1.165) is 11.3 Å². The van der Waals surface area contributed by atoms with Crippen molar-refractivity contribution in [2.24, 2.45) is 0 Å². The number of carbonyl (C=O) groups excluding carboxylic acids is 1. The highest BCUT2D eigenvalue weighted by Crippen LogP contribution is 2.35. The fourth-order valence-corrected chi connectivity index (χ4v) is 3.46. The summed E-state index contributed by atoms with van der Waals surface area (Å²) in [4.78, 5) is 26.7. The molecule has 0 unspecified atom stereocenters. The zero-order valence-electron chi connectivity index (χ0n) is 12.9. The number of halogens is 1. The van der Waals surface area contributed by atoms with E-state index in [-0.39, 0.29) is 28.6 Å². The molecule has 25 heavy (non-hydrogen) atoms. The van der Waals surface area contributed by atoms with Crippen molar-refractivity contribution < 1.29 is 19.1 Å². The predicted octanol–water partition coefficient (Wildman–Crippen LogP) is 2.00. The topological polar surface area (TPSA) is 92.5 Å². The summed E-state index contributed by atoms with van der Waals surface area (Å²) in [7, 11) is 1.44. The molecule has 0 saturated heterocycles. The van der Waals surface area contributed by atoms with Crippen molar-refractivity contribution >= 4 is 45.2 Å². The van der Waals surface area contributed by atoms with Gasteiger partial charge in [-0.15, -0.1) is 11.3 Å². The van der Waals surface area contributed by atoms with Gasteiger partial charge in [0.2, 0.25) is 5.78 Å². The van der Waals surface area contributed by atoms with E-state index in [9.17, 15) is 14.7 Å². The molecule has 6 nitrogen and oxygen atoms in total. The molecule has 0 aliphatic rings. The number of phenols is 1. The summed E-state index contributed by atoms with van der Waals surface area (Å²) >= 11 is 4.38. The summed E-state index contributed by atoms with van der Waals surface area (Å²) in [6, 6.07) is 6.44. The molecular weight excluding hydrogens is 410 g/mol. The number of methoxy groups -OCH3 is 1. The molecular formula is C17H12BrNO5S. The van der Waals surface area contributed by atoms with Gasteiger partial charge in [0.05, 0.1) is 27.0 Å². The normalized spacial score (nSPS) is 12.6. The smallest absolute Gasteiger partial charge is 0.266 e. The van der Waals surface area contributed by atoms with Crippen LogP contribution in [0, 0.1) is 0 Å². The third kappa shape index (κ3) is 3.75. The van der Waals surface area contributed by atoms with Crippen molar-refractivity contribution in [3.63, 3.8) is 0 Å². The number of rotatable bonds is 4. The Morgan fingerprint density at radius 2 is 2.24 bits per heavy atom. The maximum atomic E-state index is 12.1. The number of Topliss-reactive ketones (excluding diaryl/α,β-unsaturated/α-hetero) is 1. The second-order valence-electron chi connectivity index (χ2n) is 4.97. The molecule has 8 heteroatoms. The van der Waals surface area contributed by atoms with Gasteiger partial charge in [-0.05, 0) is 51.8 Å². The van der Waals surface area contributed by atoms with E-state index < -0.39 is 0 Å². The molecule has 0 bridgehead atoms. The van der Waals surface area contributed by atoms with E-state index in [1.54, 1.807) is 30.3 Å². The molecule has 1 aromatic carbocycles. The van der Waals surface area contributed by atoms with Gasteiger partial charge in [0.15, 0.2) is 17.3 Å². The van der Waals surface area contributed by atoms with Crippen LogP contribution in [-0.4, -0.2) is 23.0 Å². The third-order valence-electron chi connectivity index (χ3n) is 3.28. The number of benzene rings is 1. The van der Waals surface area contributed by atoms with Crippen LogP contribution in [0.5, 0.6) is 11.5 Å². The molecule has 0 amide bonds. The van der Waals surface area contributed by atoms with Gasteiger partial charge >= 0.3 is 0 Å². The van der Waals surface area contributed by atoms with Gasteiger partial charge in [-0.3, -0.25) is 9.59 Å². The molecule has 0 fully saturated rings. The molecule has 2 aromatic heterocycles. The predicted molar refractivity (Wildman–Crippen MR) is 97.6 cm³/mol. The van der Waals surface area contributed by atoms with Gasteiger partial charge in [-0.1, -0.05) is 0 Å². The van der Waals surface area contributed by atoms with Crippen molar-refractivity contribution in [3.8, 4) is 11.5 Å². The Balaban J connectivity index is 2.04. The average molecular weight is 422 g/mol. The Morgan fingerprint density at radius 3 is 2.92 bits per heavy atom. The largest absolute Gasteiger partial charge is 0.503 e. The van der Waals surface area contributed by atoms with E-state index in [0.29, 0.717) is 19.2 Å². The molecule has 0 radical (unpaired) electrons. The minimum atomic E-state index is -0.330. The quantitative estimate of drug-likeness (QED) is 0.628. The maximum absolute atomic E-state index is 12.1. The summed E-state index contributed by atoms with van der Waals surface area (Å²) in [6.45, 7) is 0. The van der Waals surface area contributed by atoms with E-state index in [4.69, 9.17) is 9.15 Å². The van der Waals surface area contributed by atoms with E-state index in [2.05, 4.69) is 20.9 Å². The first-order valence-electron chi connectivity index (χ1n) is 7.05. The number of H-pyrrole nitrogens is 1. The molecule has 0 atom stereocenters. The number of furan rings is 1. The van der Waals surface area contributed by atoms with Crippen LogP contribution < -0.4 is 19.5 Å². The molecule has 0 spiro atoms. The van der Waals surface area contributed by atoms with Crippen LogP contribution in [0.2, 0.25) is 0 Å². The summed E-state index contributed by atoms with van der Waals surface area (Å²) < 4.78 is 11.4. The number of phenolic OH excluding ortho intramolecular Hbond substituents is 1. The second-order valence-corrected chi connectivity index (χ2v) is 6.91. The second kappa shape index (κ2) is 7.12. The molecule has 3 aromatic rings. The lowest BCUT2D eigenvalue weighted by molar-refractivity contribution is 0.103. The monoisotopic (exact) mass is 421 g/mol. The summed E-state index contributed by atoms with van der Waals surface area (Å²) in [6.07, 6.45) is 4.37. The standard InChI is InChI=1S/C17H12BrNO5S/c1-23-13-6-9(5-10(18)16(13)21)7-14-17(22)19-15(25-14)8-11(20)12-3-2-4-24-12/h2-8,21H,1H3,(H,19,22)/b14-7+,15-8-. The Morgan fingerprint density at radius 1 is 1.44 bits per heavy atom. The molecule has 0 aliphatic carbocycles. The fraction of sp³-hybridized carbons (Fsp3) is 0.0588. The summed E-state index contributed by atoms with van der Waals surface area (Å²) in [5, 5.41) is 9.83. The zero-order valence-corrected chi connectivity index (χ0v) is 15.3. The molecule has 128 valence electrons. The fourth-order valence-electron chi connectivity index (χ4n) is 2.12. The number of aromatic hydroxyl groups is 1. The van der Waals surface area contributed by atoms with Gasteiger partial charge in [-0.25, -0.2) is 0 Å². The van der Waals surface area contributed by atoms with Gasteiger partial charge in [0.25, 0.3) is 5.56 Å². The number of hydrogen-bond donors (Lipinski definition) is 2. The first-order valence-corrected chi connectivity index (χ1v) is 8.66. The number of nitrogens with one attached hydrogen (secondary N) is 1. The highest BCUT2D eigenvalue weighted by molar-refractivity contribution is 9.10. The maximum Gasteiger partial charge on any atom is 0.266 e. The van der Waals surface area contributed by atoms with Crippen LogP contribution in [-0.2, 0) is 0 Å². The SMILES string of the molecule is COc1cc(/C=c2/s/c(=C\C(=O)c3ccco3)[nH]c2=O)cc(Br)c1O. The Labute approximate surface area is 153 Å². The minimum absolute atomic E-state index is 0.0159. The Hall–Kier alpha value is -2.58. The van der Waals surface area contributed by atoms with Crippen molar-refractivity contribution in [1.29, 1.82) is 0 Å². The minimum Gasteiger partial charge on any atom is -0.503 e. The highest BCUT2D eigenvalue weighted by Gasteiger charge is 2.08. The van der Waals surface area contributed by atoms with Gasteiger partial charge < -0.3 is 19.2 Å². The van der Waals surface area contributed by atoms with Gasteiger partial charge in [0, 0.05) is 6.08 Å². The highest BCUT2D eigenvalue weighted by atomic mass is 79.9. The van der Waals surface area contributed by atoms with Crippen molar-refractivity contribution in [1.82, 2.24) is 4.98 Å². The van der Waals surface area contributed by atoms with Crippen LogP contribution >= 0.6 is 27.3 Å². The van der Waals surface area contributed by atoms with Crippen molar-refractivity contribution in [2.45, 2.75) is 0 Å². The average Bonchev–Trinajstić information content (AvgIpc) is 3.21. The van der Waals surface area contributed by atoms with E-state index in [1.807, 2.05) is 0 Å². The summed E-state index contributed by atoms with van der Waals surface area (Å²) in [5.41, 5.74) is 0.351. The third-order valence-corrected chi connectivity index (χ3v) is 4.84. The van der Waals surface area contributed by atoms with Crippen LogP contribution in [0.1, 0.15) is 16.1 Å². The number of ether oxygens (including phenoxy) is 1. The lowest BCUT2D eigenvalue weighted by atomic mass is 10.2. The molecule has 2 heterocycles. The number of thiazole rings is 1. The van der Waals surface area contributed by atoms with Gasteiger partial charge in [0.1, 0.15) is 0 Å². The van der Waals surface area contributed by atoms with Crippen LogP contribution in [0.4, 0.5) is 0 Å². The Bertz CT molecular complexity index is 1100. The lowest BCUT2D eigenvalue weighted by Gasteiger charge is -2.06. The first-order chi connectivity index (χ1) is 12.0. The number of ketones is 1. The van der Waals surface area contributed by atoms with Crippen LogP contribution in [0.25, 0.3) is 12.2 Å². The van der Waals surface area contributed by atoms with E-state index >= 15 is 0 Å². The van der Waals surface area contributed by atoms with Gasteiger partial charge in [-0.2, -0.15) is 0 Å². The lowest BCUT2D eigenvalue weighted by Crippen LogP contribution is -2.20. The number of aromatic amines is 1. The first kappa shape index (κ1) is 17.2. The Kier molecular flexibility index (Phi) is 4.91. The molecule has 3 rings (SSSR count). The zero-order chi connectivity index (χ0) is 18.0. The van der Waals surface area contributed by atoms with Crippen LogP contribution in [0.3, 0.4) is 0 Å². The van der Waals surface area contributed by atoms with E-state index in [1.165, 1.54) is 19.4 Å². The summed E-state index contributed by atoms with van der Waals surface area (Å²) in [5.74, 6) is 0.140. The van der Waals surface area contributed by atoms with Crippen molar-refractivity contribution in [2.75, 3.05) is 7.11 Å². The van der Waals surface area contributed by atoms with Crippen molar-refractivity contribution in [3.05, 3.63) is 65.9 Å².